The third-order valence-corrected chi connectivity index (χ3v) is 5.19. The standard InChI is InChI=1S/C17H29N3O4S.ClH/c1-13(2)11-17(3,12-18)20-16(21)14-6-5-7-15(10-14)25(22,23)19-8-9-24-4;/h5-7,10,13,19H,8-9,11-12,18H2,1-4H3,(H,20,21);1H. The Hall–Kier alpha value is -1.19. The Labute approximate surface area is 162 Å². The first-order valence-corrected chi connectivity index (χ1v) is 9.73. The van der Waals surface area contributed by atoms with Crippen molar-refractivity contribution < 1.29 is 17.9 Å². The third-order valence-electron chi connectivity index (χ3n) is 3.73. The van der Waals surface area contributed by atoms with E-state index >= 15 is 0 Å². The fourth-order valence-electron chi connectivity index (χ4n) is 2.60. The molecule has 0 saturated carbocycles. The van der Waals surface area contributed by atoms with Crippen molar-refractivity contribution >= 4 is 28.3 Å². The molecule has 1 atom stereocenters. The van der Waals surface area contributed by atoms with Gasteiger partial charge in [-0.25, -0.2) is 13.1 Å². The van der Waals surface area contributed by atoms with Crippen LogP contribution in [0, 0.1) is 5.92 Å². The summed E-state index contributed by atoms with van der Waals surface area (Å²) >= 11 is 0. The Kier molecular flexibility index (Phi) is 10.3. The highest BCUT2D eigenvalue weighted by Gasteiger charge is 2.26. The van der Waals surface area contributed by atoms with Crippen LogP contribution >= 0.6 is 12.4 Å². The second kappa shape index (κ2) is 10.8. The maximum absolute atomic E-state index is 12.5. The summed E-state index contributed by atoms with van der Waals surface area (Å²) in [6.45, 7) is 6.72. The van der Waals surface area contributed by atoms with Gasteiger partial charge >= 0.3 is 0 Å². The highest BCUT2D eigenvalue weighted by Crippen LogP contribution is 2.17. The van der Waals surface area contributed by atoms with Crippen molar-refractivity contribution in [3.05, 3.63) is 29.8 Å². The molecular weight excluding hydrogens is 378 g/mol. The number of methoxy groups -OCH3 is 1. The molecule has 9 heteroatoms. The summed E-state index contributed by atoms with van der Waals surface area (Å²) in [7, 11) is -2.20. The fourth-order valence-corrected chi connectivity index (χ4v) is 3.66. The van der Waals surface area contributed by atoms with Crippen LogP contribution in [0.15, 0.2) is 29.2 Å². The summed E-state index contributed by atoms with van der Waals surface area (Å²) in [5.74, 6) is 0.0214. The SMILES string of the molecule is COCCNS(=O)(=O)c1cccc(C(=O)NC(C)(CN)CC(C)C)c1.Cl. The summed E-state index contributed by atoms with van der Waals surface area (Å²) in [5, 5.41) is 2.92. The van der Waals surface area contributed by atoms with Crippen molar-refractivity contribution in [3.63, 3.8) is 0 Å². The number of hydrogen-bond donors (Lipinski definition) is 3. The van der Waals surface area contributed by atoms with Gasteiger partial charge in [0.2, 0.25) is 10.0 Å². The lowest BCUT2D eigenvalue weighted by atomic mass is 9.90. The van der Waals surface area contributed by atoms with Gasteiger partial charge in [-0.2, -0.15) is 0 Å². The van der Waals surface area contributed by atoms with Gasteiger partial charge in [-0.1, -0.05) is 19.9 Å². The first-order chi connectivity index (χ1) is 11.6. The number of sulfonamides is 1. The van der Waals surface area contributed by atoms with Gasteiger partial charge in [0, 0.05) is 31.3 Å². The molecule has 150 valence electrons. The zero-order valence-corrected chi connectivity index (χ0v) is 17.4. The van der Waals surface area contributed by atoms with Crippen molar-refractivity contribution in [2.45, 2.75) is 37.6 Å². The molecule has 0 heterocycles. The van der Waals surface area contributed by atoms with Crippen molar-refractivity contribution in [2.24, 2.45) is 11.7 Å². The summed E-state index contributed by atoms with van der Waals surface area (Å²) in [4.78, 5) is 12.6. The molecule has 0 spiro atoms. The van der Waals surface area contributed by atoms with Crippen molar-refractivity contribution in [1.29, 1.82) is 0 Å². The first-order valence-electron chi connectivity index (χ1n) is 8.25. The molecule has 26 heavy (non-hydrogen) atoms. The molecule has 0 saturated heterocycles. The zero-order valence-electron chi connectivity index (χ0n) is 15.7. The summed E-state index contributed by atoms with van der Waals surface area (Å²) in [5.41, 5.74) is 5.55. The van der Waals surface area contributed by atoms with E-state index in [0.29, 0.717) is 12.5 Å². The van der Waals surface area contributed by atoms with E-state index in [2.05, 4.69) is 23.9 Å². The van der Waals surface area contributed by atoms with Crippen LogP contribution in [0.2, 0.25) is 0 Å². The van der Waals surface area contributed by atoms with Gasteiger partial charge in [-0.05, 0) is 37.5 Å². The molecule has 0 aromatic heterocycles. The van der Waals surface area contributed by atoms with Crippen LogP contribution in [0.3, 0.4) is 0 Å². The Bertz CT molecular complexity index is 682. The van der Waals surface area contributed by atoms with E-state index in [4.69, 9.17) is 10.5 Å². The second-order valence-corrected chi connectivity index (χ2v) is 8.50. The lowest BCUT2D eigenvalue weighted by Crippen LogP contribution is -2.52. The van der Waals surface area contributed by atoms with Gasteiger partial charge in [-0.3, -0.25) is 4.79 Å². The van der Waals surface area contributed by atoms with Crippen LogP contribution in [0.4, 0.5) is 0 Å². The van der Waals surface area contributed by atoms with Crippen LogP contribution in [0.25, 0.3) is 0 Å². The molecule has 7 nitrogen and oxygen atoms in total. The van der Waals surface area contributed by atoms with Gasteiger partial charge in [0.25, 0.3) is 5.91 Å². The predicted molar refractivity (Wildman–Crippen MR) is 105 cm³/mol. The molecule has 1 unspecified atom stereocenters. The second-order valence-electron chi connectivity index (χ2n) is 6.74. The minimum absolute atomic E-state index is 0. The first kappa shape index (κ1) is 24.8. The summed E-state index contributed by atoms with van der Waals surface area (Å²) < 4.78 is 31.8. The van der Waals surface area contributed by atoms with Crippen LogP contribution < -0.4 is 15.8 Å². The van der Waals surface area contributed by atoms with Crippen molar-refractivity contribution in [2.75, 3.05) is 26.8 Å². The zero-order chi connectivity index (χ0) is 19.1. The topological polar surface area (TPSA) is 111 Å². The van der Waals surface area contributed by atoms with E-state index in [1.165, 1.54) is 19.2 Å². The Balaban J connectivity index is 0.00000625. The number of hydrogen-bond acceptors (Lipinski definition) is 5. The fraction of sp³-hybridized carbons (Fsp3) is 0.588. The number of carbonyl (C=O) groups excluding carboxylic acids is 1. The molecule has 1 aromatic rings. The summed E-state index contributed by atoms with van der Waals surface area (Å²) in [6, 6.07) is 5.93. The van der Waals surface area contributed by atoms with Crippen LogP contribution in [0.1, 0.15) is 37.6 Å². The van der Waals surface area contributed by atoms with E-state index in [9.17, 15) is 13.2 Å². The van der Waals surface area contributed by atoms with E-state index in [-0.39, 0.29) is 41.9 Å². The molecule has 4 N–H and O–H groups in total. The molecule has 0 bridgehead atoms. The van der Waals surface area contributed by atoms with Crippen molar-refractivity contribution in [1.82, 2.24) is 10.0 Å². The maximum atomic E-state index is 12.5. The third kappa shape index (κ3) is 7.59. The highest BCUT2D eigenvalue weighted by atomic mass is 35.5. The lowest BCUT2D eigenvalue weighted by Gasteiger charge is -2.31. The molecule has 0 aliphatic carbocycles. The van der Waals surface area contributed by atoms with Gasteiger partial charge in [0.1, 0.15) is 0 Å². The minimum Gasteiger partial charge on any atom is -0.383 e. The van der Waals surface area contributed by atoms with E-state index in [0.717, 1.165) is 6.42 Å². The van der Waals surface area contributed by atoms with E-state index in [1.807, 2.05) is 6.92 Å². The molecule has 1 aromatic carbocycles. The number of rotatable bonds is 10. The van der Waals surface area contributed by atoms with Crippen LogP contribution in [0.5, 0.6) is 0 Å². The smallest absolute Gasteiger partial charge is 0.251 e. The number of nitrogens with one attached hydrogen (secondary N) is 2. The largest absolute Gasteiger partial charge is 0.383 e. The normalized spacial score (nSPS) is 13.8. The maximum Gasteiger partial charge on any atom is 0.251 e. The van der Waals surface area contributed by atoms with Gasteiger partial charge in [-0.15, -0.1) is 12.4 Å². The quantitative estimate of drug-likeness (QED) is 0.509. The number of halogens is 1. The molecule has 1 amide bonds. The number of carbonyl (C=O) groups is 1. The molecular formula is C17H30ClN3O4S. The average molecular weight is 408 g/mol. The number of benzene rings is 1. The van der Waals surface area contributed by atoms with Crippen LogP contribution in [-0.4, -0.2) is 46.7 Å². The number of ether oxygens (including phenoxy) is 1. The molecule has 0 radical (unpaired) electrons. The summed E-state index contributed by atoms with van der Waals surface area (Å²) in [6.07, 6.45) is 0.728. The van der Waals surface area contributed by atoms with Crippen molar-refractivity contribution in [3.8, 4) is 0 Å². The highest BCUT2D eigenvalue weighted by molar-refractivity contribution is 7.89. The van der Waals surface area contributed by atoms with Crippen LogP contribution in [-0.2, 0) is 14.8 Å². The number of amides is 1. The average Bonchev–Trinajstić information content (AvgIpc) is 2.54. The molecule has 0 aliphatic heterocycles. The minimum atomic E-state index is -3.69. The van der Waals surface area contributed by atoms with Gasteiger partial charge < -0.3 is 15.8 Å². The Morgan fingerprint density at radius 2 is 2.00 bits per heavy atom. The Morgan fingerprint density at radius 3 is 2.54 bits per heavy atom. The monoisotopic (exact) mass is 407 g/mol. The molecule has 0 fully saturated rings. The lowest BCUT2D eigenvalue weighted by molar-refractivity contribution is 0.0898. The van der Waals surface area contributed by atoms with Gasteiger partial charge in [0.05, 0.1) is 11.5 Å². The van der Waals surface area contributed by atoms with Gasteiger partial charge in [0.15, 0.2) is 0 Å². The molecule has 0 aliphatic rings. The molecule has 1 rings (SSSR count). The number of nitrogens with two attached hydrogens (primary N) is 1. The van der Waals surface area contributed by atoms with E-state index < -0.39 is 15.6 Å². The van der Waals surface area contributed by atoms with E-state index in [1.54, 1.807) is 12.1 Å². The Morgan fingerprint density at radius 1 is 1.35 bits per heavy atom. The predicted octanol–water partition coefficient (Wildman–Crippen LogP) is 1.53.